The molecule has 3 aromatic rings. The second-order valence-corrected chi connectivity index (χ2v) is 8.86. The second kappa shape index (κ2) is 6.12. The highest BCUT2D eigenvalue weighted by Gasteiger charge is 2.48. The van der Waals surface area contributed by atoms with E-state index >= 15 is 0 Å². The average Bonchev–Trinajstić information content (AvgIpc) is 3.01. The summed E-state index contributed by atoms with van der Waals surface area (Å²) in [5.74, 6) is -0.483. The average molecular weight is 488 g/mol. The number of pyridine rings is 2. The van der Waals surface area contributed by atoms with E-state index in [1.54, 1.807) is 4.57 Å². The number of hydrogen-bond donors (Lipinski definition) is 0. The van der Waals surface area contributed by atoms with Crippen LogP contribution in [0.25, 0.3) is 22.3 Å². The number of fused-ring (bicyclic) bond motifs is 5. The highest BCUT2D eigenvalue weighted by atomic mass is 127. The highest BCUT2D eigenvalue weighted by Crippen LogP contribution is 2.43. The zero-order valence-corrected chi connectivity index (χ0v) is 17.5. The van der Waals surface area contributed by atoms with E-state index in [9.17, 15) is 9.59 Å². The third kappa shape index (κ3) is 2.45. The van der Waals surface area contributed by atoms with E-state index in [0.717, 1.165) is 22.2 Å². The van der Waals surface area contributed by atoms with Crippen molar-refractivity contribution in [2.75, 3.05) is 0 Å². The number of carbonyl (C=O) groups excluding carboxylic acids is 1. The summed E-state index contributed by atoms with van der Waals surface area (Å²) >= 11 is 1.95. The van der Waals surface area contributed by atoms with Gasteiger partial charge in [-0.1, -0.05) is 18.2 Å². The third-order valence-corrected chi connectivity index (χ3v) is 6.40. The van der Waals surface area contributed by atoms with Crippen molar-refractivity contribution in [2.45, 2.75) is 36.7 Å². The fourth-order valence-electron chi connectivity index (χ4n) is 3.92. The molecule has 2 aromatic heterocycles. The van der Waals surface area contributed by atoms with Crippen molar-refractivity contribution < 1.29 is 14.3 Å². The van der Waals surface area contributed by atoms with E-state index in [1.165, 1.54) is 0 Å². The molecule has 0 unspecified atom stereocenters. The first-order chi connectivity index (χ1) is 13.4. The van der Waals surface area contributed by atoms with Gasteiger partial charge in [0.1, 0.15) is 6.61 Å². The molecule has 0 aliphatic carbocycles. The van der Waals surface area contributed by atoms with Crippen LogP contribution in [0, 0.1) is 0 Å². The van der Waals surface area contributed by atoms with Crippen LogP contribution in [0.15, 0.2) is 41.2 Å². The Morgan fingerprint density at radius 2 is 2.04 bits per heavy atom. The standard InChI is InChI=1S/C21H17IN2O4/c1-11(2)28-21(22)15-8-17-18-13(7-12-5-3-4-6-16(12)23-18)9-24(17)19(25)14(15)10-27-20(21)26/h3-8,11H,9-10H2,1-2H3/t21-/m0/s1. The lowest BCUT2D eigenvalue weighted by Gasteiger charge is -2.33. The van der Waals surface area contributed by atoms with Gasteiger partial charge in [0.15, 0.2) is 0 Å². The van der Waals surface area contributed by atoms with Gasteiger partial charge in [0.25, 0.3) is 5.56 Å². The van der Waals surface area contributed by atoms with Crippen LogP contribution in [0.3, 0.4) is 0 Å². The lowest BCUT2D eigenvalue weighted by atomic mass is 10.00. The first-order valence-electron chi connectivity index (χ1n) is 9.08. The number of cyclic esters (lactones) is 1. The van der Waals surface area contributed by atoms with E-state index in [-0.39, 0.29) is 18.3 Å². The van der Waals surface area contributed by atoms with Crippen LogP contribution in [0.5, 0.6) is 0 Å². The number of nitrogens with zero attached hydrogens (tertiary/aromatic N) is 2. The fourth-order valence-corrected chi connectivity index (χ4v) is 5.06. The van der Waals surface area contributed by atoms with Crippen LogP contribution in [0.1, 0.15) is 30.5 Å². The largest absolute Gasteiger partial charge is 0.458 e. The number of ether oxygens (including phenoxy) is 2. The Kier molecular flexibility index (Phi) is 3.89. The first-order valence-corrected chi connectivity index (χ1v) is 10.2. The van der Waals surface area contributed by atoms with Crippen molar-refractivity contribution in [3.63, 3.8) is 0 Å². The number of halogens is 1. The molecule has 0 saturated carbocycles. The summed E-state index contributed by atoms with van der Waals surface area (Å²) in [5, 5.41) is 1.04. The van der Waals surface area contributed by atoms with Gasteiger partial charge in [-0.25, -0.2) is 9.78 Å². The number of alkyl halides is 1. The topological polar surface area (TPSA) is 70.4 Å². The smallest absolute Gasteiger partial charge is 0.354 e. The number of benzene rings is 1. The van der Waals surface area contributed by atoms with Gasteiger partial charge in [-0.05, 0) is 54.6 Å². The Labute approximate surface area is 174 Å². The Morgan fingerprint density at radius 3 is 2.82 bits per heavy atom. The van der Waals surface area contributed by atoms with E-state index in [2.05, 4.69) is 6.07 Å². The molecule has 0 spiro atoms. The van der Waals surface area contributed by atoms with Crippen molar-refractivity contribution in [3.8, 4) is 11.4 Å². The van der Waals surface area contributed by atoms with Crippen LogP contribution in [0.4, 0.5) is 0 Å². The summed E-state index contributed by atoms with van der Waals surface area (Å²) in [7, 11) is 0. The Balaban J connectivity index is 1.77. The van der Waals surface area contributed by atoms with Crippen molar-refractivity contribution in [2.24, 2.45) is 0 Å². The molecule has 2 aliphatic rings. The predicted octanol–water partition coefficient (Wildman–Crippen LogP) is 3.49. The minimum absolute atomic E-state index is 0.0365. The van der Waals surface area contributed by atoms with E-state index in [4.69, 9.17) is 14.5 Å². The molecule has 0 amide bonds. The lowest BCUT2D eigenvalue weighted by molar-refractivity contribution is -0.167. The van der Waals surface area contributed by atoms with Gasteiger partial charge in [0.2, 0.25) is 3.61 Å². The summed E-state index contributed by atoms with van der Waals surface area (Å²) in [5.41, 5.74) is 4.24. The van der Waals surface area contributed by atoms with Gasteiger partial charge in [0.05, 0.1) is 35.1 Å². The molecular formula is C21H17IN2O4. The molecule has 2 aliphatic heterocycles. The molecule has 0 N–H and O–H groups in total. The molecule has 5 rings (SSSR count). The normalized spacial score (nSPS) is 20.1. The molecule has 28 heavy (non-hydrogen) atoms. The van der Waals surface area contributed by atoms with Crippen molar-refractivity contribution in [1.29, 1.82) is 0 Å². The molecule has 6 nitrogen and oxygen atoms in total. The van der Waals surface area contributed by atoms with Crippen molar-refractivity contribution in [3.05, 3.63) is 63.4 Å². The van der Waals surface area contributed by atoms with E-state index in [1.807, 2.05) is 66.8 Å². The number of esters is 1. The third-order valence-electron chi connectivity index (χ3n) is 5.13. The molecule has 0 fully saturated rings. The molecule has 4 heterocycles. The van der Waals surface area contributed by atoms with Crippen LogP contribution in [-0.4, -0.2) is 21.6 Å². The van der Waals surface area contributed by atoms with Gasteiger partial charge in [-0.3, -0.25) is 4.79 Å². The summed E-state index contributed by atoms with van der Waals surface area (Å²) < 4.78 is 11.6. The lowest BCUT2D eigenvalue weighted by Crippen LogP contribution is -2.43. The maximum Gasteiger partial charge on any atom is 0.354 e. The molecule has 1 aromatic carbocycles. The van der Waals surface area contributed by atoms with Crippen molar-refractivity contribution in [1.82, 2.24) is 9.55 Å². The maximum atomic E-state index is 13.2. The molecule has 0 saturated heterocycles. The molecule has 0 bridgehead atoms. The fraction of sp³-hybridized carbons (Fsp3) is 0.286. The minimum atomic E-state index is -1.34. The van der Waals surface area contributed by atoms with Gasteiger partial charge in [-0.15, -0.1) is 0 Å². The number of carbonyl (C=O) groups is 1. The summed E-state index contributed by atoms with van der Waals surface area (Å²) in [4.78, 5) is 30.6. The number of aromatic nitrogens is 2. The van der Waals surface area contributed by atoms with Crippen LogP contribution in [0.2, 0.25) is 0 Å². The summed E-state index contributed by atoms with van der Waals surface area (Å²) in [6.45, 7) is 4.13. The quantitative estimate of drug-likeness (QED) is 0.246. The Morgan fingerprint density at radius 1 is 1.25 bits per heavy atom. The number of hydrogen-bond acceptors (Lipinski definition) is 5. The van der Waals surface area contributed by atoms with Gasteiger partial charge < -0.3 is 14.0 Å². The Hall–Kier alpha value is -2.26. The maximum absolute atomic E-state index is 13.2. The van der Waals surface area contributed by atoms with Crippen LogP contribution >= 0.6 is 22.6 Å². The van der Waals surface area contributed by atoms with Crippen molar-refractivity contribution >= 4 is 39.5 Å². The molecule has 1 atom stereocenters. The molecular weight excluding hydrogens is 471 g/mol. The number of rotatable bonds is 2. The molecule has 0 radical (unpaired) electrons. The zero-order chi connectivity index (χ0) is 19.6. The second-order valence-electron chi connectivity index (χ2n) is 7.34. The van der Waals surface area contributed by atoms with Gasteiger partial charge in [0, 0.05) is 16.5 Å². The van der Waals surface area contributed by atoms with Gasteiger partial charge >= 0.3 is 5.97 Å². The first kappa shape index (κ1) is 17.8. The molecule has 7 heteroatoms. The monoisotopic (exact) mass is 488 g/mol. The van der Waals surface area contributed by atoms with Crippen LogP contribution < -0.4 is 5.56 Å². The summed E-state index contributed by atoms with van der Waals surface area (Å²) in [6, 6.07) is 11.8. The predicted molar refractivity (Wildman–Crippen MR) is 112 cm³/mol. The number of para-hydroxylation sites is 1. The molecule has 142 valence electrons. The minimum Gasteiger partial charge on any atom is -0.458 e. The summed E-state index contributed by atoms with van der Waals surface area (Å²) in [6.07, 6.45) is -0.208. The highest BCUT2D eigenvalue weighted by molar-refractivity contribution is 14.1. The SMILES string of the molecule is CC(C)O[C@]1(I)C(=O)OCc2c1cc1n(c2=O)Cc2cc3ccccc3nc2-1. The van der Waals surface area contributed by atoms with Crippen LogP contribution in [-0.2, 0) is 31.0 Å². The van der Waals surface area contributed by atoms with E-state index in [0.29, 0.717) is 23.4 Å². The van der Waals surface area contributed by atoms with Gasteiger partial charge in [-0.2, -0.15) is 0 Å². The Bertz CT molecular complexity index is 1220. The zero-order valence-electron chi connectivity index (χ0n) is 15.4. The van der Waals surface area contributed by atoms with E-state index < -0.39 is 9.58 Å².